The fourth-order valence-electron chi connectivity index (χ4n) is 5.11. The van der Waals surface area contributed by atoms with Gasteiger partial charge in [-0.05, 0) is 48.0 Å². The molecule has 1 aliphatic heterocycles. The summed E-state index contributed by atoms with van der Waals surface area (Å²) in [4.78, 5) is 20.4. The molecule has 0 radical (unpaired) electrons. The number of nitrogens with two attached hydrogens (primary N) is 3. The summed E-state index contributed by atoms with van der Waals surface area (Å²) in [6.45, 7) is 2.46. The van der Waals surface area contributed by atoms with Crippen molar-refractivity contribution in [1.29, 1.82) is 0 Å². The summed E-state index contributed by atoms with van der Waals surface area (Å²) in [7, 11) is 0. The van der Waals surface area contributed by atoms with Crippen LogP contribution in [-0.2, 0) is 4.74 Å². The smallest absolute Gasteiger partial charge is 0.328 e. The number of morpholine rings is 1. The monoisotopic (exact) mass is 594 g/mol. The lowest BCUT2D eigenvalue weighted by Gasteiger charge is -2.27. The first-order valence-corrected chi connectivity index (χ1v) is 14.0. The first-order valence-electron chi connectivity index (χ1n) is 13.6. The van der Waals surface area contributed by atoms with Crippen LogP contribution >= 0.6 is 11.6 Å². The molecule has 0 aliphatic carbocycles. The molecule has 12 nitrogen and oxygen atoms in total. The zero-order chi connectivity index (χ0) is 29.5. The molecule has 0 amide bonds. The zero-order valence-corrected chi connectivity index (χ0v) is 23.6. The van der Waals surface area contributed by atoms with Crippen LogP contribution in [0.3, 0.4) is 0 Å². The quantitative estimate of drug-likeness (QED) is 0.202. The number of benzene rings is 3. The van der Waals surface area contributed by atoms with Crippen molar-refractivity contribution in [3.05, 3.63) is 77.8 Å². The van der Waals surface area contributed by atoms with Crippen molar-refractivity contribution in [2.45, 2.75) is 0 Å². The Hall–Kier alpha value is -5.33. The van der Waals surface area contributed by atoms with Gasteiger partial charge in [0.25, 0.3) is 0 Å². The van der Waals surface area contributed by atoms with Crippen LogP contribution in [0.15, 0.2) is 72.8 Å². The summed E-state index contributed by atoms with van der Waals surface area (Å²) < 4.78 is 13.4. The Morgan fingerprint density at radius 1 is 0.837 bits per heavy atom. The normalized spacial score (nSPS) is 13.5. The molecule has 43 heavy (non-hydrogen) atoms. The van der Waals surface area contributed by atoms with Gasteiger partial charge in [-0.25, -0.2) is 4.98 Å². The molecular formula is C30H27ClN10O2. The van der Waals surface area contributed by atoms with Crippen LogP contribution in [0.2, 0.25) is 5.02 Å². The van der Waals surface area contributed by atoms with Crippen molar-refractivity contribution in [1.82, 2.24) is 24.3 Å². The minimum atomic E-state index is 0.127. The van der Waals surface area contributed by atoms with E-state index in [4.69, 9.17) is 43.3 Å². The Morgan fingerprint density at radius 3 is 2.42 bits per heavy atom. The molecule has 3 aromatic heterocycles. The molecule has 0 saturated carbocycles. The molecule has 6 aromatic rings. The molecule has 7 N–H and O–H groups in total. The maximum atomic E-state index is 6.62. The van der Waals surface area contributed by atoms with Gasteiger partial charge in [-0.15, -0.1) is 0 Å². The lowest BCUT2D eigenvalue weighted by atomic mass is 10.0. The highest BCUT2D eigenvalue weighted by molar-refractivity contribution is 6.30. The highest BCUT2D eigenvalue weighted by atomic mass is 35.5. The number of para-hydroxylation sites is 2. The van der Waals surface area contributed by atoms with Crippen molar-refractivity contribution in [3.8, 4) is 22.9 Å². The van der Waals surface area contributed by atoms with Crippen molar-refractivity contribution in [2.75, 3.05) is 53.7 Å². The third-order valence-corrected chi connectivity index (χ3v) is 7.42. The maximum Gasteiger partial charge on any atom is 0.328 e. The van der Waals surface area contributed by atoms with E-state index in [2.05, 4.69) is 20.3 Å². The largest absolute Gasteiger partial charge is 0.424 e. The summed E-state index contributed by atoms with van der Waals surface area (Å²) in [5, 5.41) is 3.78. The van der Waals surface area contributed by atoms with E-state index >= 15 is 0 Å². The summed E-state index contributed by atoms with van der Waals surface area (Å²) in [5.74, 6) is 1.68. The Kier molecular flexibility index (Phi) is 6.68. The SMILES string of the molecule is Nc1c(-c2ccc(Oc3nc(Nc4cccc(Cl)c4)nc(N4CCOCC4)n3)cc2)c(N)c2nc3ccccc3n2c1N. The fraction of sp³-hybridized carbons (Fsp3) is 0.133. The average molecular weight is 595 g/mol. The Balaban J connectivity index is 1.21. The van der Waals surface area contributed by atoms with Gasteiger partial charge in [-0.1, -0.05) is 41.9 Å². The molecule has 13 heteroatoms. The molecule has 1 fully saturated rings. The van der Waals surface area contributed by atoms with E-state index in [1.807, 2.05) is 53.4 Å². The molecule has 3 aromatic carbocycles. The molecular weight excluding hydrogens is 568 g/mol. The molecule has 7 rings (SSSR count). The number of rotatable bonds is 6. The second-order valence-corrected chi connectivity index (χ2v) is 10.4. The van der Waals surface area contributed by atoms with Crippen molar-refractivity contribution in [3.63, 3.8) is 0 Å². The molecule has 0 unspecified atom stereocenters. The number of pyridine rings is 1. The number of hydrogen-bond acceptors (Lipinski definition) is 11. The van der Waals surface area contributed by atoms with Crippen LogP contribution in [0, 0.1) is 0 Å². The number of anilines is 6. The van der Waals surface area contributed by atoms with E-state index in [1.165, 1.54) is 0 Å². The maximum absolute atomic E-state index is 6.62. The number of fused-ring (bicyclic) bond motifs is 3. The standard InChI is InChI=1S/C30H27ClN10O2/c31-18-4-3-5-19(16-18)35-28-37-29(40-12-14-42-15-13-40)39-30(38-28)43-20-10-8-17(9-11-20)23-24(32)26(34)41-22-7-2-1-6-21(22)36-27(41)25(23)33/h1-11,16H,12-15,32-34H2,(H,35,37,38,39). The van der Waals surface area contributed by atoms with E-state index in [0.717, 1.165) is 22.3 Å². The van der Waals surface area contributed by atoms with Crippen LogP contribution in [-0.4, -0.2) is 50.6 Å². The van der Waals surface area contributed by atoms with Gasteiger partial charge in [-0.2, -0.15) is 15.0 Å². The number of nitrogens with zero attached hydrogens (tertiary/aromatic N) is 6. The molecule has 0 atom stereocenters. The number of halogens is 1. The number of ether oxygens (including phenoxy) is 2. The molecule has 1 aliphatic rings. The predicted octanol–water partition coefficient (Wildman–Crippen LogP) is 5.11. The number of nitrogen functional groups attached to an aromatic ring is 3. The van der Waals surface area contributed by atoms with E-state index in [1.54, 1.807) is 28.7 Å². The summed E-state index contributed by atoms with van der Waals surface area (Å²) in [5.41, 5.74) is 24.7. The van der Waals surface area contributed by atoms with E-state index in [-0.39, 0.29) is 6.01 Å². The van der Waals surface area contributed by atoms with Crippen molar-refractivity contribution >= 4 is 63.1 Å². The van der Waals surface area contributed by atoms with Crippen LogP contribution in [0.4, 0.5) is 34.8 Å². The summed E-state index contributed by atoms with van der Waals surface area (Å²) in [6.07, 6.45) is 0. The first-order chi connectivity index (χ1) is 20.9. The number of imidazole rings is 1. The predicted molar refractivity (Wildman–Crippen MR) is 169 cm³/mol. The van der Waals surface area contributed by atoms with Gasteiger partial charge in [0.15, 0.2) is 5.65 Å². The number of nitrogens with one attached hydrogen (secondary N) is 1. The highest BCUT2D eigenvalue weighted by Gasteiger charge is 2.21. The van der Waals surface area contributed by atoms with E-state index in [0.29, 0.717) is 77.4 Å². The zero-order valence-electron chi connectivity index (χ0n) is 22.9. The van der Waals surface area contributed by atoms with Crippen LogP contribution in [0.1, 0.15) is 0 Å². The Labute approximate surface area is 251 Å². The minimum Gasteiger partial charge on any atom is -0.424 e. The average Bonchev–Trinajstić information content (AvgIpc) is 3.42. The number of aromatic nitrogens is 5. The van der Waals surface area contributed by atoms with E-state index in [9.17, 15) is 0 Å². The van der Waals surface area contributed by atoms with Gasteiger partial charge in [-0.3, -0.25) is 4.40 Å². The van der Waals surface area contributed by atoms with Gasteiger partial charge in [0, 0.05) is 29.4 Å². The van der Waals surface area contributed by atoms with Crippen LogP contribution in [0.5, 0.6) is 11.8 Å². The Bertz CT molecular complexity index is 1970. The van der Waals surface area contributed by atoms with Gasteiger partial charge in [0.2, 0.25) is 11.9 Å². The summed E-state index contributed by atoms with van der Waals surface area (Å²) in [6, 6.07) is 22.4. The molecule has 4 heterocycles. The number of hydrogen-bond donors (Lipinski definition) is 4. The molecule has 0 spiro atoms. The van der Waals surface area contributed by atoms with Gasteiger partial charge in [0.05, 0.1) is 35.6 Å². The van der Waals surface area contributed by atoms with Gasteiger partial charge >= 0.3 is 6.01 Å². The summed E-state index contributed by atoms with van der Waals surface area (Å²) >= 11 is 6.17. The fourth-order valence-corrected chi connectivity index (χ4v) is 5.30. The Morgan fingerprint density at radius 2 is 1.63 bits per heavy atom. The second-order valence-electron chi connectivity index (χ2n) is 9.95. The molecule has 1 saturated heterocycles. The lowest BCUT2D eigenvalue weighted by molar-refractivity contribution is 0.122. The third-order valence-electron chi connectivity index (χ3n) is 7.19. The topological polar surface area (TPSA) is 168 Å². The second kappa shape index (κ2) is 10.8. The van der Waals surface area contributed by atoms with Crippen LogP contribution < -0.4 is 32.2 Å². The first kappa shape index (κ1) is 26.6. The van der Waals surface area contributed by atoms with Gasteiger partial charge in [0.1, 0.15) is 11.6 Å². The lowest BCUT2D eigenvalue weighted by Crippen LogP contribution is -2.37. The molecule has 216 valence electrons. The molecule has 0 bridgehead atoms. The van der Waals surface area contributed by atoms with Crippen molar-refractivity contribution < 1.29 is 9.47 Å². The van der Waals surface area contributed by atoms with E-state index < -0.39 is 0 Å². The van der Waals surface area contributed by atoms with Gasteiger partial charge < -0.3 is 36.9 Å². The van der Waals surface area contributed by atoms with Crippen molar-refractivity contribution in [2.24, 2.45) is 0 Å². The minimum absolute atomic E-state index is 0.127. The van der Waals surface area contributed by atoms with Crippen LogP contribution in [0.25, 0.3) is 27.8 Å². The third kappa shape index (κ3) is 5.02. The highest BCUT2D eigenvalue weighted by Crippen LogP contribution is 2.40.